The zero-order valence-corrected chi connectivity index (χ0v) is 19.5. The van der Waals surface area contributed by atoms with Gasteiger partial charge in [-0.05, 0) is 59.5 Å². The molecule has 0 saturated carbocycles. The number of amides is 2. The molecule has 2 N–H and O–H groups in total. The number of nitrogens with one attached hydrogen (secondary N) is 2. The summed E-state index contributed by atoms with van der Waals surface area (Å²) in [5, 5.41) is 5.52. The molecule has 172 valence electrons. The molecule has 0 aromatic heterocycles. The van der Waals surface area contributed by atoms with E-state index in [2.05, 4.69) is 36.6 Å². The summed E-state index contributed by atoms with van der Waals surface area (Å²) in [7, 11) is 1.58. The number of hydrogen-bond donors (Lipinski definition) is 2. The zero-order chi connectivity index (χ0) is 23.8. The highest BCUT2D eigenvalue weighted by Gasteiger charge is 2.14. The fourth-order valence-electron chi connectivity index (χ4n) is 3.27. The average Bonchev–Trinajstić information content (AvgIpc) is 2.83. The third kappa shape index (κ3) is 6.59. The fourth-order valence-corrected chi connectivity index (χ4v) is 3.27. The minimum absolute atomic E-state index is 0.0561. The van der Waals surface area contributed by atoms with Crippen LogP contribution >= 0.6 is 0 Å². The van der Waals surface area contributed by atoms with E-state index in [0.717, 1.165) is 5.56 Å². The molecule has 33 heavy (non-hydrogen) atoms. The first kappa shape index (κ1) is 23.9. The smallest absolute Gasteiger partial charge is 0.323 e. The highest BCUT2D eigenvalue weighted by Crippen LogP contribution is 2.26. The molecule has 0 radical (unpaired) electrons. The lowest BCUT2D eigenvalue weighted by atomic mass is 10.0. The summed E-state index contributed by atoms with van der Waals surface area (Å²) in [5.74, 6) is 1.61. The second-order valence-corrected chi connectivity index (χ2v) is 7.98. The third-order valence-electron chi connectivity index (χ3n) is 5.25. The van der Waals surface area contributed by atoms with Gasteiger partial charge in [-0.15, -0.1) is 0 Å². The quantitative estimate of drug-likeness (QED) is 0.362. The lowest BCUT2D eigenvalue weighted by molar-refractivity contribution is 0.0983. The molecule has 3 aromatic carbocycles. The molecular formula is C27H30N2O4. The van der Waals surface area contributed by atoms with Gasteiger partial charge in [0.15, 0.2) is 5.78 Å². The maximum atomic E-state index is 12.5. The maximum Gasteiger partial charge on any atom is 0.323 e. The van der Waals surface area contributed by atoms with Crippen LogP contribution in [0.5, 0.6) is 11.5 Å². The normalized spacial score (nSPS) is 10.6. The summed E-state index contributed by atoms with van der Waals surface area (Å²) >= 11 is 0. The lowest BCUT2D eigenvalue weighted by Crippen LogP contribution is -2.19. The summed E-state index contributed by atoms with van der Waals surface area (Å²) in [4.78, 5) is 24.9. The van der Waals surface area contributed by atoms with Crippen molar-refractivity contribution in [3.63, 3.8) is 0 Å². The van der Waals surface area contributed by atoms with Crippen LogP contribution in [0.15, 0.2) is 66.7 Å². The van der Waals surface area contributed by atoms with E-state index in [9.17, 15) is 9.59 Å². The van der Waals surface area contributed by atoms with Crippen molar-refractivity contribution in [2.24, 2.45) is 0 Å². The Balaban J connectivity index is 1.68. The highest BCUT2D eigenvalue weighted by atomic mass is 16.5. The van der Waals surface area contributed by atoms with Crippen LogP contribution in [0.3, 0.4) is 0 Å². The number of carbonyl (C=O) groups excluding carboxylic acids is 2. The topological polar surface area (TPSA) is 76.7 Å². The monoisotopic (exact) mass is 446 g/mol. The van der Waals surface area contributed by atoms with Gasteiger partial charge in [-0.1, -0.05) is 45.0 Å². The molecule has 0 heterocycles. The minimum atomic E-state index is -0.408. The summed E-state index contributed by atoms with van der Waals surface area (Å²) in [6.07, 6.45) is 0.334. The van der Waals surface area contributed by atoms with Crippen molar-refractivity contribution in [1.82, 2.24) is 0 Å². The van der Waals surface area contributed by atoms with Crippen molar-refractivity contribution < 1.29 is 19.1 Å². The van der Waals surface area contributed by atoms with Gasteiger partial charge in [-0.3, -0.25) is 4.79 Å². The summed E-state index contributed by atoms with van der Waals surface area (Å²) in [6.45, 7) is 6.46. The summed E-state index contributed by atoms with van der Waals surface area (Å²) in [6, 6.07) is 19.9. The number of carbonyl (C=O) groups is 2. The Kier molecular flexibility index (Phi) is 8.08. The van der Waals surface area contributed by atoms with Crippen LogP contribution in [-0.2, 0) is 6.61 Å². The molecule has 0 spiro atoms. The molecule has 0 aliphatic heterocycles. The van der Waals surface area contributed by atoms with E-state index in [1.807, 2.05) is 12.1 Å². The van der Waals surface area contributed by atoms with Crippen LogP contribution in [0.4, 0.5) is 16.2 Å². The Bertz CT molecular complexity index is 1090. The van der Waals surface area contributed by atoms with Gasteiger partial charge in [0.1, 0.15) is 18.1 Å². The zero-order valence-electron chi connectivity index (χ0n) is 19.5. The molecule has 0 bridgehead atoms. The van der Waals surface area contributed by atoms with Gasteiger partial charge in [0.05, 0.1) is 12.7 Å². The van der Waals surface area contributed by atoms with Crippen molar-refractivity contribution in [2.45, 2.75) is 39.7 Å². The van der Waals surface area contributed by atoms with Crippen molar-refractivity contribution in [3.8, 4) is 11.5 Å². The van der Waals surface area contributed by atoms with Gasteiger partial charge in [-0.25, -0.2) is 4.79 Å². The molecule has 0 atom stereocenters. The second kappa shape index (κ2) is 11.2. The second-order valence-electron chi connectivity index (χ2n) is 7.98. The van der Waals surface area contributed by atoms with E-state index < -0.39 is 6.03 Å². The number of anilines is 2. The molecule has 0 aliphatic carbocycles. The number of ketones is 1. The van der Waals surface area contributed by atoms with Crippen molar-refractivity contribution >= 4 is 23.2 Å². The number of rotatable bonds is 9. The van der Waals surface area contributed by atoms with Gasteiger partial charge >= 0.3 is 6.03 Å². The Labute approximate surface area is 194 Å². The largest absolute Gasteiger partial charge is 0.497 e. The number of Topliss-reactive ketones (excluding diaryl/α,β-unsaturated/α-hetero) is 1. The molecule has 0 fully saturated rings. The predicted octanol–water partition coefficient (Wildman–Crippen LogP) is 6.63. The first-order valence-electron chi connectivity index (χ1n) is 11.0. The molecule has 0 saturated heterocycles. The van der Waals surface area contributed by atoms with E-state index >= 15 is 0 Å². The molecule has 3 rings (SSSR count). The van der Waals surface area contributed by atoms with Crippen molar-refractivity contribution in [3.05, 3.63) is 83.4 Å². The van der Waals surface area contributed by atoms with Crippen LogP contribution in [0, 0.1) is 0 Å². The Morgan fingerprint density at radius 2 is 1.52 bits per heavy atom. The van der Waals surface area contributed by atoms with Gasteiger partial charge in [-0.2, -0.15) is 0 Å². The number of ether oxygens (including phenoxy) is 2. The van der Waals surface area contributed by atoms with Crippen molar-refractivity contribution in [1.29, 1.82) is 0 Å². The van der Waals surface area contributed by atoms with E-state index in [1.54, 1.807) is 56.5 Å². The van der Waals surface area contributed by atoms with Crippen LogP contribution < -0.4 is 20.1 Å². The SMILES string of the molecule is CCC(=O)c1cc(NC(=O)Nc2ccc(OC)cc2)ccc1OCc1ccc(C(C)C)cc1. The number of methoxy groups -OCH3 is 1. The molecule has 0 aliphatic rings. The number of benzene rings is 3. The molecule has 0 unspecified atom stereocenters. The third-order valence-corrected chi connectivity index (χ3v) is 5.25. The summed E-state index contributed by atoms with van der Waals surface area (Å²) < 4.78 is 11.1. The van der Waals surface area contributed by atoms with E-state index in [-0.39, 0.29) is 5.78 Å². The number of hydrogen-bond acceptors (Lipinski definition) is 4. The number of urea groups is 1. The molecule has 6 nitrogen and oxygen atoms in total. The highest BCUT2D eigenvalue weighted by molar-refractivity contribution is 6.03. The summed E-state index contributed by atoms with van der Waals surface area (Å²) in [5.41, 5.74) is 3.87. The molecule has 2 amide bonds. The molecule has 3 aromatic rings. The van der Waals surface area contributed by atoms with E-state index in [0.29, 0.717) is 47.4 Å². The van der Waals surface area contributed by atoms with Gasteiger partial charge < -0.3 is 20.1 Å². The first-order chi connectivity index (χ1) is 15.9. The minimum Gasteiger partial charge on any atom is -0.497 e. The Morgan fingerprint density at radius 3 is 2.12 bits per heavy atom. The van der Waals surface area contributed by atoms with Crippen LogP contribution in [0.25, 0.3) is 0 Å². The average molecular weight is 447 g/mol. The Hall–Kier alpha value is -3.80. The predicted molar refractivity (Wildman–Crippen MR) is 132 cm³/mol. The molecular weight excluding hydrogens is 416 g/mol. The first-order valence-corrected chi connectivity index (χ1v) is 11.0. The van der Waals surface area contributed by atoms with Crippen molar-refractivity contribution in [2.75, 3.05) is 17.7 Å². The lowest BCUT2D eigenvalue weighted by Gasteiger charge is -2.14. The van der Waals surface area contributed by atoms with Gasteiger partial charge in [0.25, 0.3) is 0 Å². The van der Waals surface area contributed by atoms with Crippen LogP contribution in [0.1, 0.15) is 54.6 Å². The maximum absolute atomic E-state index is 12.5. The Morgan fingerprint density at radius 1 is 0.879 bits per heavy atom. The van der Waals surface area contributed by atoms with E-state index in [1.165, 1.54) is 5.56 Å². The molecule has 6 heteroatoms. The fraction of sp³-hybridized carbons (Fsp3) is 0.259. The van der Waals surface area contributed by atoms with E-state index in [4.69, 9.17) is 9.47 Å². The van der Waals surface area contributed by atoms with Gasteiger partial charge in [0, 0.05) is 17.8 Å². The standard InChI is InChI=1S/C27H30N2O4/c1-5-25(30)24-16-22(29-27(31)28-21-10-13-23(32-4)14-11-21)12-15-26(24)33-17-19-6-8-20(9-7-19)18(2)3/h6-16,18H,5,17H2,1-4H3,(H2,28,29,31). The van der Waals surface area contributed by atoms with Crippen LogP contribution in [0.2, 0.25) is 0 Å². The van der Waals surface area contributed by atoms with Crippen LogP contribution in [-0.4, -0.2) is 18.9 Å². The van der Waals surface area contributed by atoms with Gasteiger partial charge in [0.2, 0.25) is 0 Å².